The van der Waals surface area contributed by atoms with Crippen molar-refractivity contribution < 1.29 is 26.7 Å². The van der Waals surface area contributed by atoms with Crippen molar-refractivity contribution in [1.82, 2.24) is 0 Å². The molecule has 0 aromatic carbocycles. The summed E-state index contributed by atoms with van der Waals surface area (Å²) in [6.07, 6.45) is 11.7. The van der Waals surface area contributed by atoms with Crippen molar-refractivity contribution in [2.45, 2.75) is 46.5 Å². The third-order valence-electron chi connectivity index (χ3n) is 4.42. The minimum Gasteiger partial charge on any atom is -0.478 e. The summed E-state index contributed by atoms with van der Waals surface area (Å²) >= 11 is 0. The molecule has 0 aromatic heterocycles. The van der Waals surface area contributed by atoms with Crippen LogP contribution in [0.3, 0.4) is 0 Å². The van der Waals surface area contributed by atoms with E-state index < -0.39 is 8.07 Å². The first kappa shape index (κ1) is 24.6. The maximum Gasteiger partial charge on any atom is 0.311 e. The quantitative estimate of drug-likeness (QED) is 0.385. The van der Waals surface area contributed by atoms with Crippen LogP contribution in [0.15, 0.2) is 4.99 Å². The molecule has 0 bridgehead atoms. The summed E-state index contributed by atoms with van der Waals surface area (Å²) in [5, 5.41) is 11.2. The Morgan fingerprint density at radius 3 is 2.15 bits per heavy atom. The van der Waals surface area contributed by atoms with Gasteiger partial charge in [0, 0.05) is 22.0 Å². The van der Waals surface area contributed by atoms with Crippen molar-refractivity contribution in [3.05, 3.63) is 72.1 Å². The first-order valence-electron chi connectivity index (χ1n) is 8.95. The molecule has 1 atom stereocenters. The fourth-order valence-electron chi connectivity index (χ4n) is 2.81. The second kappa shape index (κ2) is 10.4. The van der Waals surface area contributed by atoms with Crippen LogP contribution < -0.4 is 0 Å². The van der Waals surface area contributed by atoms with E-state index in [2.05, 4.69) is 58.2 Å². The second-order valence-electron chi connectivity index (χ2n) is 8.03. The van der Waals surface area contributed by atoms with Crippen molar-refractivity contribution >= 4 is 14.0 Å². The summed E-state index contributed by atoms with van der Waals surface area (Å²) in [6, 6.07) is 0.208. The van der Waals surface area contributed by atoms with Gasteiger partial charge >= 0.3 is 6.04 Å². The van der Waals surface area contributed by atoms with Gasteiger partial charge in [0.1, 0.15) is 12.5 Å². The predicted molar refractivity (Wildman–Crippen MR) is 107 cm³/mol. The Hall–Kier alpha value is -0.394. The Kier molecular flexibility index (Phi) is 9.49. The van der Waals surface area contributed by atoms with Gasteiger partial charge in [0.25, 0.3) is 0 Å². The Morgan fingerprint density at radius 2 is 1.78 bits per heavy atom. The molecular formula is C20H28FeN2O3Si. The summed E-state index contributed by atoms with van der Waals surface area (Å²) in [6.45, 7) is 13.3. The molecule has 7 heteroatoms. The number of ether oxygens (including phenoxy) is 1. The number of rotatable bonds is 4. The average Bonchev–Trinajstić information content (AvgIpc) is 3.26. The number of hydrogen-bond acceptors (Lipinski definition) is 4. The third kappa shape index (κ3) is 6.57. The van der Waals surface area contributed by atoms with Crippen LogP contribution in [-0.2, 0) is 21.8 Å². The van der Waals surface area contributed by atoms with Crippen molar-refractivity contribution in [3.63, 3.8) is 0 Å². The summed E-state index contributed by atoms with van der Waals surface area (Å²) in [5.74, 6) is 2.78. The summed E-state index contributed by atoms with van der Waals surface area (Å²) in [5.41, 5.74) is 1.05. The van der Waals surface area contributed by atoms with Gasteiger partial charge in [-0.2, -0.15) is 0 Å². The van der Waals surface area contributed by atoms with Gasteiger partial charge in [0.05, 0.1) is 20.5 Å². The van der Waals surface area contributed by atoms with E-state index >= 15 is 0 Å². The van der Waals surface area contributed by atoms with Crippen molar-refractivity contribution in [2.24, 2.45) is 10.9 Å². The molecular weight excluding hydrogens is 400 g/mol. The number of hydrogen-bond donors (Lipinski definition) is 0. The van der Waals surface area contributed by atoms with Crippen LogP contribution in [0.4, 0.5) is 0 Å². The Labute approximate surface area is 176 Å². The molecule has 3 aliphatic rings. The standard InChI is InChI=1S/C14H21N2O3Si.C6H7.Fe/c1-9(2)10-8-19-14(15-10)13-11(16(17)18)6-7-12(13)20(3,4)5;1-6-4-2-3-5-6;/h6-7,9-10H,8H2,1-5H3;2-5H,1H3;/t10-;;/m0../s1. The fraction of sp³-hybridized carbons (Fsp3) is 0.450. The van der Waals surface area contributed by atoms with E-state index in [9.17, 15) is 10.1 Å². The molecule has 2 fully saturated rings. The van der Waals surface area contributed by atoms with Crippen molar-refractivity contribution in [1.29, 1.82) is 0 Å². The summed E-state index contributed by atoms with van der Waals surface area (Å²) in [4.78, 5) is 15.5. The monoisotopic (exact) mass is 428 g/mol. The predicted octanol–water partition coefficient (Wildman–Crippen LogP) is 4.11. The zero-order chi connectivity index (χ0) is 19.5. The molecule has 3 rings (SSSR count). The fourth-order valence-corrected chi connectivity index (χ4v) is 4.38. The van der Waals surface area contributed by atoms with E-state index in [0.717, 1.165) is 5.54 Å². The van der Waals surface area contributed by atoms with Crippen LogP contribution in [0.25, 0.3) is 0 Å². The van der Waals surface area contributed by atoms with E-state index in [-0.39, 0.29) is 34.1 Å². The number of aliphatic imine (C=N–C) groups is 1. The molecule has 0 aromatic rings. The molecule has 1 heterocycles. The number of nitrogens with zero attached hydrogens (tertiary/aromatic N) is 2. The Morgan fingerprint density at radius 1 is 1.19 bits per heavy atom. The van der Waals surface area contributed by atoms with Crippen LogP contribution in [-0.4, -0.2) is 31.5 Å². The molecule has 0 saturated heterocycles. The molecule has 5 nitrogen and oxygen atoms in total. The molecule has 0 N–H and O–H groups in total. The van der Waals surface area contributed by atoms with E-state index in [0.29, 0.717) is 24.3 Å². The first-order chi connectivity index (χ1) is 12.1. The van der Waals surface area contributed by atoms with Gasteiger partial charge in [-0.15, -0.1) is 0 Å². The van der Waals surface area contributed by atoms with Crippen LogP contribution in [0, 0.1) is 78.0 Å². The maximum absolute atomic E-state index is 11.2. The van der Waals surface area contributed by atoms with E-state index in [1.54, 1.807) is 6.42 Å². The van der Waals surface area contributed by atoms with Crippen LogP contribution >= 0.6 is 0 Å². The molecule has 10 radical (unpaired) electrons. The third-order valence-corrected chi connectivity index (χ3v) is 6.46. The summed E-state index contributed by atoms with van der Waals surface area (Å²) in [7, 11) is -1.68. The molecule has 2 aliphatic carbocycles. The Balaban J connectivity index is 0.000000444. The van der Waals surface area contributed by atoms with E-state index in [1.165, 1.54) is 5.92 Å². The van der Waals surface area contributed by atoms with Gasteiger partial charge < -0.3 is 4.74 Å². The smallest absolute Gasteiger partial charge is 0.311 e. The van der Waals surface area contributed by atoms with Crippen molar-refractivity contribution in [3.8, 4) is 0 Å². The molecule has 1 aliphatic heterocycles. The zero-order valence-corrected chi connectivity index (χ0v) is 18.9. The average molecular weight is 428 g/mol. The summed E-state index contributed by atoms with van der Waals surface area (Å²) < 4.78 is 5.67. The molecule has 0 unspecified atom stereocenters. The molecule has 148 valence electrons. The molecule has 0 spiro atoms. The van der Waals surface area contributed by atoms with Crippen LogP contribution in [0.1, 0.15) is 20.8 Å². The molecule has 27 heavy (non-hydrogen) atoms. The second-order valence-corrected chi connectivity index (χ2v) is 13.1. The minimum atomic E-state index is -1.68. The van der Waals surface area contributed by atoms with Gasteiger partial charge in [0.2, 0.25) is 0 Å². The largest absolute Gasteiger partial charge is 0.478 e. The van der Waals surface area contributed by atoms with Gasteiger partial charge in [-0.25, -0.2) is 4.99 Å². The number of nitro groups is 1. The van der Waals surface area contributed by atoms with Crippen LogP contribution in [0.2, 0.25) is 19.6 Å². The van der Waals surface area contributed by atoms with E-state index in [1.807, 2.05) is 19.3 Å². The van der Waals surface area contributed by atoms with Crippen LogP contribution in [0.5, 0.6) is 0 Å². The molecule has 2 saturated carbocycles. The molecule has 0 amide bonds. The topological polar surface area (TPSA) is 64.7 Å². The first-order valence-corrected chi connectivity index (χ1v) is 12.4. The Bertz CT molecular complexity index is 516. The normalized spacial score (nSPS) is 25.0. The van der Waals surface area contributed by atoms with Crippen molar-refractivity contribution in [2.75, 3.05) is 6.61 Å². The van der Waals surface area contributed by atoms with Gasteiger partial charge in [-0.3, -0.25) is 10.1 Å². The van der Waals surface area contributed by atoms with Gasteiger partial charge in [0.15, 0.2) is 5.90 Å². The SMILES string of the molecule is CC(C)[C@@H]1COC([C]2[C]([N+](=O)[O-])[CH][CH][C]2[Si](C)(C)C)=N1.C[C]1[CH][CH][CH][CH]1.[Fe]. The van der Waals surface area contributed by atoms with Gasteiger partial charge in [-0.1, -0.05) is 40.4 Å². The zero-order valence-electron chi connectivity index (χ0n) is 16.8. The van der Waals surface area contributed by atoms with E-state index in [4.69, 9.17) is 4.74 Å². The minimum absolute atomic E-state index is 0. The van der Waals surface area contributed by atoms with Gasteiger partial charge in [-0.05, 0) is 49.5 Å². The maximum atomic E-state index is 11.2.